The van der Waals surface area contributed by atoms with Crippen molar-refractivity contribution in [1.82, 2.24) is 9.55 Å². The Morgan fingerprint density at radius 2 is 0.882 bits per heavy atom. The van der Waals surface area contributed by atoms with Crippen molar-refractivity contribution in [3.05, 3.63) is 181 Å². The summed E-state index contributed by atoms with van der Waals surface area (Å²) >= 11 is 0. The first-order valence-electron chi connectivity index (χ1n) is 17.2. The van der Waals surface area contributed by atoms with Crippen LogP contribution in [0.3, 0.4) is 0 Å². The van der Waals surface area contributed by atoms with Crippen molar-refractivity contribution in [2.45, 2.75) is 0 Å². The molecule has 0 amide bonds. The Kier molecular flexibility index (Phi) is 6.56. The lowest BCUT2D eigenvalue weighted by atomic mass is 9.85. The van der Waals surface area contributed by atoms with Gasteiger partial charge in [0.2, 0.25) is 0 Å². The maximum Gasteiger partial charge on any atom is 0.145 e. The van der Waals surface area contributed by atoms with E-state index in [2.05, 4.69) is 168 Å². The lowest BCUT2D eigenvalue weighted by molar-refractivity contribution is 1.11. The number of benzene rings is 9. The summed E-state index contributed by atoms with van der Waals surface area (Å²) in [6, 6.07) is 64.2. The van der Waals surface area contributed by atoms with E-state index < -0.39 is 0 Å². The van der Waals surface area contributed by atoms with E-state index in [1.807, 2.05) is 18.2 Å². The smallest absolute Gasteiger partial charge is 0.145 e. The fourth-order valence-corrected chi connectivity index (χ4v) is 8.04. The summed E-state index contributed by atoms with van der Waals surface area (Å²) in [6.07, 6.45) is 0. The van der Waals surface area contributed by atoms with Gasteiger partial charge in [0.25, 0.3) is 0 Å². The van der Waals surface area contributed by atoms with E-state index in [-0.39, 0.29) is 0 Å². The average molecular weight is 648 g/mol. The molecule has 0 N–H and O–H groups in total. The van der Waals surface area contributed by atoms with Gasteiger partial charge in [0.1, 0.15) is 5.82 Å². The van der Waals surface area contributed by atoms with Gasteiger partial charge in [-0.15, -0.1) is 0 Å². The van der Waals surface area contributed by atoms with Crippen molar-refractivity contribution in [3.8, 4) is 45.4 Å². The molecule has 0 aliphatic heterocycles. The lowest BCUT2D eigenvalue weighted by Crippen LogP contribution is -1.98. The third kappa shape index (κ3) is 4.41. The highest BCUT2D eigenvalue weighted by Crippen LogP contribution is 2.45. The molecular weight excluding hydrogens is 619 g/mol. The van der Waals surface area contributed by atoms with Gasteiger partial charge in [-0.25, -0.2) is 4.98 Å². The van der Waals surface area contributed by atoms with E-state index in [1.165, 1.54) is 21.7 Å². The van der Waals surface area contributed by atoms with E-state index >= 15 is 0 Å². The molecule has 1 aromatic heterocycles. The zero-order chi connectivity index (χ0) is 33.9. The van der Waals surface area contributed by atoms with Gasteiger partial charge in [-0.1, -0.05) is 158 Å². The van der Waals surface area contributed by atoms with Gasteiger partial charge in [0.15, 0.2) is 0 Å². The number of hydrogen-bond donors (Lipinski definition) is 0. The summed E-state index contributed by atoms with van der Waals surface area (Å²) in [5.74, 6) is 0.905. The SMILES string of the molecule is N#Cc1ccccc1-c1c2ccccc2c(-c2ccc(-c3nc4c5ccccc5c5ccccc5c4n3-c3ccccc3)cc2)c2ccccc12. The molecular formula is C48H29N3. The Balaban J connectivity index is 1.23. The van der Waals surface area contributed by atoms with E-state index in [0.717, 1.165) is 71.7 Å². The van der Waals surface area contributed by atoms with Crippen molar-refractivity contribution >= 4 is 54.1 Å². The number of para-hydroxylation sites is 1. The predicted octanol–water partition coefficient (Wildman–Crippen LogP) is 12.5. The first-order chi connectivity index (χ1) is 25.3. The minimum Gasteiger partial charge on any atom is -0.292 e. The van der Waals surface area contributed by atoms with E-state index in [4.69, 9.17) is 4.98 Å². The number of imidazole rings is 1. The van der Waals surface area contributed by atoms with Gasteiger partial charge in [-0.2, -0.15) is 5.26 Å². The van der Waals surface area contributed by atoms with Crippen LogP contribution in [0.5, 0.6) is 0 Å². The van der Waals surface area contributed by atoms with Crippen LogP contribution in [0.4, 0.5) is 0 Å². The fourth-order valence-electron chi connectivity index (χ4n) is 8.04. The molecule has 0 radical (unpaired) electrons. The Morgan fingerprint density at radius 1 is 0.412 bits per heavy atom. The fraction of sp³-hybridized carbons (Fsp3) is 0. The summed E-state index contributed by atoms with van der Waals surface area (Å²) in [4.78, 5) is 5.44. The van der Waals surface area contributed by atoms with Gasteiger partial charge >= 0.3 is 0 Å². The summed E-state index contributed by atoms with van der Waals surface area (Å²) < 4.78 is 2.32. The van der Waals surface area contributed by atoms with Crippen molar-refractivity contribution in [2.75, 3.05) is 0 Å². The van der Waals surface area contributed by atoms with Crippen LogP contribution >= 0.6 is 0 Å². The van der Waals surface area contributed by atoms with Crippen LogP contribution in [0.25, 0.3) is 93.5 Å². The number of hydrogen-bond acceptors (Lipinski definition) is 2. The molecule has 9 aromatic carbocycles. The second kappa shape index (κ2) is 11.6. The molecule has 236 valence electrons. The van der Waals surface area contributed by atoms with Crippen molar-refractivity contribution in [3.63, 3.8) is 0 Å². The molecule has 0 spiro atoms. The van der Waals surface area contributed by atoms with Gasteiger partial charge in [0, 0.05) is 27.6 Å². The van der Waals surface area contributed by atoms with Crippen molar-refractivity contribution in [2.24, 2.45) is 0 Å². The highest BCUT2D eigenvalue weighted by atomic mass is 15.1. The van der Waals surface area contributed by atoms with Crippen LogP contribution < -0.4 is 0 Å². The Morgan fingerprint density at radius 3 is 1.51 bits per heavy atom. The maximum absolute atomic E-state index is 10.1. The molecule has 0 aliphatic carbocycles. The molecule has 3 heteroatoms. The van der Waals surface area contributed by atoms with Crippen LogP contribution in [-0.4, -0.2) is 9.55 Å². The predicted molar refractivity (Wildman–Crippen MR) is 212 cm³/mol. The molecule has 10 rings (SSSR count). The van der Waals surface area contributed by atoms with E-state index in [1.54, 1.807) is 0 Å². The third-order valence-corrected chi connectivity index (χ3v) is 10.2. The monoisotopic (exact) mass is 647 g/mol. The lowest BCUT2D eigenvalue weighted by Gasteiger charge is -2.18. The molecule has 0 aliphatic rings. The number of fused-ring (bicyclic) bond motifs is 8. The molecule has 3 nitrogen and oxygen atoms in total. The van der Waals surface area contributed by atoms with Crippen LogP contribution in [0, 0.1) is 11.3 Å². The van der Waals surface area contributed by atoms with Gasteiger partial charge < -0.3 is 0 Å². The quantitative estimate of drug-likeness (QED) is 0.141. The van der Waals surface area contributed by atoms with E-state index in [0.29, 0.717) is 5.56 Å². The van der Waals surface area contributed by atoms with Crippen molar-refractivity contribution in [1.29, 1.82) is 5.26 Å². The number of nitrogens with zero attached hydrogens (tertiary/aromatic N) is 3. The normalized spacial score (nSPS) is 11.5. The van der Waals surface area contributed by atoms with Crippen molar-refractivity contribution < 1.29 is 0 Å². The number of nitriles is 1. The second-order valence-corrected chi connectivity index (χ2v) is 13.0. The Hall–Kier alpha value is -7.02. The van der Waals surface area contributed by atoms with Gasteiger partial charge in [-0.05, 0) is 67.2 Å². The molecule has 0 atom stereocenters. The first kappa shape index (κ1) is 28.9. The van der Waals surface area contributed by atoms with Gasteiger partial charge in [-0.3, -0.25) is 4.57 Å². The molecule has 0 fully saturated rings. The maximum atomic E-state index is 10.1. The van der Waals surface area contributed by atoms with Crippen LogP contribution in [0.2, 0.25) is 0 Å². The molecule has 1 heterocycles. The molecule has 0 saturated carbocycles. The Labute approximate surface area is 294 Å². The molecule has 10 aromatic rings. The third-order valence-electron chi connectivity index (χ3n) is 10.2. The zero-order valence-corrected chi connectivity index (χ0v) is 27.6. The van der Waals surface area contributed by atoms with E-state index in [9.17, 15) is 5.26 Å². The minimum absolute atomic E-state index is 0.673. The molecule has 0 saturated heterocycles. The largest absolute Gasteiger partial charge is 0.292 e. The second-order valence-electron chi connectivity index (χ2n) is 13.0. The average Bonchev–Trinajstić information content (AvgIpc) is 3.62. The van der Waals surface area contributed by atoms with Crippen LogP contribution in [0.1, 0.15) is 5.56 Å². The molecule has 51 heavy (non-hydrogen) atoms. The summed E-state index contributed by atoms with van der Waals surface area (Å²) in [5.41, 5.74) is 9.25. The summed E-state index contributed by atoms with van der Waals surface area (Å²) in [7, 11) is 0. The minimum atomic E-state index is 0.673. The topological polar surface area (TPSA) is 41.6 Å². The number of rotatable bonds is 4. The van der Waals surface area contributed by atoms with Crippen LogP contribution in [-0.2, 0) is 0 Å². The first-order valence-corrected chi connectivity index (χ1v) is 17.2. The standard InChI is InChI=1S/C48H29N3/c49-30-33-14-4-5-17-35(33)45-40-22-10-8-20-38(40)44(39-21-9-11-23-41(39)45)31-26-28-32(29-27-31)48-50-46-42-24-12-6-18-36(42)37-19-7-13-25-43(37)47(46)51(48)34-15-2-1-3-16-34/h1-29H. The highest BCUT2D eigenvalue weighted by molar-refractivity contribution is 6.24. The van der Waals surface area contributed by atoms with Gasteiger partial charge in [0.05, 0.1) is 22.7 Å². The van der Waals surface area contributed by atoms with Crippen LogP contribution in [0.15, 0.2) is 176 Å². The summed E-state index contributed by atoms with van der Waals surface area (Å²) in [5, 5.41) is 19.4. The Bertz CT molecular complexity index is 2960. The summed E-state index contributed by atoms with van der Waals surface area (Å²) in [6.45, 7) is 0. The molecule has 0 bridgehead atoms. The zero-order valence-electron chi connectivity index (χ0n) is 27.6. The number of aromatic nitrogens is 2. The highest BCUT2D eigenvalue weighted by Gasteiger charge is 2.21. The molecule has 0 unspecified atom stereocenters.